The molecule has 0 bridgehead atoms. The summed E-state index contributed by atoms with van der Waals surface area (Å²) in [5, 5.41) is 2.61. The molecule has 0 atom stereocenters. The van der Waals surface area contributed by atoms with Crippen LogP contribution in [0.25, 0.3) is 21.9 Å². The molecule has 0 amide bonds. The predicted molar refractivity (Wildman–Crippen MR) is 87.0 cm³/mol. The SMILES string of the molecule is Clc1ccc2nccc(Sc3nc4ccccc4[nH]3)c2c1. The Hall–Kier alpha value is -2.04. The lowest BCUT2D eigenvalue weighted by molar-refractivity contribution is 1.08. The van der Waals surface area contributed by atoms with E-state index < -0.39 is 0 Å². The summed E-state index contributed by atoms with van der Waals surface area (Å²) in [6, 6.07) is 15.7. The summed E-state index contributed by atoms with van der Waals surface area (Å²) in [7, 11) is 0. The van der Waals surface area contributed by atoms with Crippen molar-refractivity contribution in [2.75, 3.05) is 0 Å². The van der Waals surface area contributed by atoms with Gasteiger partial charge >= 0.3 is 0 Å². The number of H-pyrrole nitrogens is 1. The Morgan fingerprint density at radius 3 is 2.81 bits per heavy atom. The number of rotatable bonds is 2. The summed E-state index contributed by atoms with van der Waals surface area (Å²) in [6.07, 6.45) is 1.81. The van der Waals surface area contributed by atoms with Gasteiger partial charge in [0.25, 0.3) is 0 Å². The molecular formula is C16H10ClN3S. The molecule has 0 aliphatic heterocycles. The highest BCUT2D eigenvalue weighted by Gasteiger charge is 2.08. The molecule has 1 N–H and O–H groups in total. The number of hydrogen-bond donors (Lipinski definition) is 1. The van der Waals surface area contributed by atoms with Gasteiger partial charge in [-0.05, 0) is 36.4 Å². The van der Waals surface area contributed by atoms with Gasteiger partial charge in [0.2, 0.25) is 0 Å². The van der Waals surface area contributed by atoms with E-state index in [0.29, 0.717) is 5.02 Å². The minimum atomic E-state index is 0.710. The van der Waals surface area contributed by atoms with Crippen LogP contribution in [0.2, 0.25) is 5.02 Å². The molecule has 2 heterocycles. The van der Waals surface area contributed by atoms with Crippen LogP contribution in [0.3, 0.4) is 0 Å². The Morgan fingerprint density at radius 2 is 1.90 bits per heavy atom. The Balaban J connectivity index is 1.81. The number of nitrogens with zero attached hydrogens (tertiary/aromatic N) is 2. The number of benzene rings is 2. The molecule has 2 aromatic heterocycles. The van der Waals surface area contributed by atoms with Crippen molar-refractivity contribution in [2.24, 2.45) is 0 Å². The van der Waals surface area contributed by atoms with Gasteiger partial charge in [-0.2, -0.15) is 0 Å². The van der Waals surface area contributed by atoms with Gasteiger partial charge in [-0.3, -0.25) is 4.98 Å². The molecule has 0 saturated carbocycles. The highest BCUT2D eigenvalue weighted by molar-refractivity contribution is 7.99. The Bertz CT molecular complexity index is 915. The van der Waals surface area contributed by atoms with Crippen LogP contribution < -0.4 is 0 Å². The molecule has 4 rings (SSSR count). The number of para-hydroxylation sites is 2. The lowest BCUT2D eigenvalue weighted by atomic mass is 10.2. The minimum absolute atomic E-state index is 0.710. The molecular weight excluding hydrogens is 302 g/mol. The Kier molecular flexibility index (Phi) is 3.05. The minimum Gasteiger partial charge on any atom is -0.333 e. The van der Waals surface area contributed by atoms with Crippen molar-refractivity contribution < 1.29 is 0 Å². The molecule has 5 heteroatoms. The van der Waals surface area contributed by atoms with Gasteiger partial charge in [-0.25, -0.2) is 4.98 Å². The van der Waals surface area contributed by atoms with Crippen molar-refractivity contribution in [2.45, 2.75) is 10.1 Å². The van der Waals surface area contributed by atoms with Crippen LogP contribution in [0.5, 0.6) is 0 Å². The van der Waals surface area contributed by atoms with Gasteiger partial charge in [-0.15, -0.1) is 0 Å². The van der Waals surface area contributed by atoms with E-state index in [9.17, 15) is 0 Å². The summed E-state index contributed by atoms with van der Waals surface area (Å²) >= 11 is 7.68. The molecule has 2 aromatic carbocycles. The van der Waals surface area contributed by atoms with Crippen LogP contribution in [0, 0.1) is 0 Å². The third-order valence-corrected chi connectivity index (χ3v) is 4.44. The maximum atomic E-state index is 6.10. The monoisotopic (exact) mass is 311 g/mol. The average Bonchev–Trinajstić information content (AvgIpc) is 2.90. The topological polar surface area (TPSA) is 41.6 Å². The maximum absolute atomic E-state index is 6.10. The molecule has 0 aliphatic rings. The van der Waals surface area contributed by atoms with Crippen molar-refractivity contribution in [3.05, 3.63) is 59.8 Å². The molecule has 4 aromatic rings. The molecule has 0 fully saturated rings. The number of hydrogen-bond acceptors (Lipinski definition) is 3. The van der Waals surface area contributed by atoms with Gasteiger partial charge < -0.3 is 4.98 Å². The number of fused-ring (bicyclic) bond motifs is 2. The van der Waals surface area contributed by atoms with E-state index in [4.69, 9.17) is 11.6 Å². The van der Waals surface area contributed by atoms with Crippen molar-refractivity contribution in [3.63, 3.8) is 0 Å². The van der Waals surface area contributed by atoms with E-state index in [1.807, 2.05) is 48.5 Å². The summed E-state index contributed by atoms with van der Waals surface area (Å²) < 4.78 is 0. The van der Waals surface area contributed by atoms with E-state index in [-0.39, 0.29) is 0 Å². The molecule has 21 heavy (non-hydrogen) atoms. The second-order valence-corrected chi connectivity index (χ2v) is 6.10. The molecule has 0 unspecified atom stereocenters. The van der Waals surface area contributed by atoms with Gasteiger partial charge in [0.05, 0.1) is 16.6 Å². The zero-order chi connectivity index (χ0) is 14.2. The third-order valence-electron chi connectivity index (χ3n) is 3.24. The van der Waals surface area contributed by atoms with Crippen LogP contribution >= 0.6 is 23.4 Å². The molecule has 0 radical (unpaired) electrons. The van der Waals surface area contributed by atoms with E-state index >= 15 is 0 Å². The molecule has 102 valence electrons. The summed E-state index contributed by atoms with van der Waals surface area (Å²) in [4.78, 5) is 13.4. The zero-order valence-electron chi connectivity index (χ0n) is 10.9. The fraction of sp³-hybridized carbons (Fsp3) is 0. The number of halogens is 1. The number of pyridine rings is 1. The number of aromatic amines is 1. The highest BCUT2D eigenvalue weighted by atomic mass is 35.5. The Morgan fingerprint density at radius 1 is 1.00 bits per heavy atom. The molecule has 0 spiro atoms. The van der Waals surface area contributed by atoms with Crippen LogP contribution in [-0.4, -0.2) is 15.0 Å². The second-order valence-electron chi connectivity index (χ2n) is 4.63. The van der Waals surface area contributed by atoms with Gasteiger partial charge in [0, 0.05) is 21.5 Å². The van der Waals surface area contributed by atoms with Crippen molar-refractivity contribution in [1.29, 1.82) is 0 Å². The maximum Gasteiger partial charge on any atom is 0.171 e. The molecule has 0 aliphatic carbocycles. The lowest BCUT2D eigenvalue weighted by Crippen LogP contribution is -1.83. The van der Waals surface area contributed by atoms with Crippen molar-refractivity contribution in [1.82, 2.24) is 15.0 Å². The van der Waals surface area contributed by atoms with Gasteiger partial charge in [0.15, 0.2) is 5.16 Å². The fourth-order valence-corrected chi connectivity index (χ4v) is 3.35. The lowest BCUT2D eigenvalue weighted by Gasteiger charge is -2.04. The summed E-state index contributed by atoms with van der Waals surface area (Å²) in [6.45, 7) is 0. The van der Waals surface area contributed by atoms with E-state index in [1.165, 1.54) is 0 Å². The number of imidazole rings is 1. The first kappa shape index (κ1) is 12.7. The zero-order valence-corrected chi connectivity index (χ0v) is 12.4. The molecule has 3 nitrogen and oxygen atoms in total. The van der Waals surface area contributed by atoms with E-state index in [0.717, 1.165) is 32.0 Å². The first-order valence-corrected chi connectivity index (χ1v) is 7.66. The smallest absolute Gasteiger partial charge is 0.171 e. The highest BCUT2D eigenvalue weighted by Crippen LogP contribution is 2.33. The number of aromatic nitrogens is 3. The average molecular weight is 312 g/mol. The molecule has 0 saturated heterocycles. The first-order chi connectivity index (χ1) is 10.3. The van der Waals surface area contributed by atoms with E-state index in [2.05, 4.69) is 15.0 Å². The fourth-order valence-electron chi connectivity index (χ4n) is 2.26. The summed E-state index contributed by atoms with van der Waals surface area (Å²) in [5.74, 6) is 0. The largest absolute Gasteiger partial charge is 0.333 e. The van der Waals surface area contributed by atoms with Crippen molar-refractivity contribution in [3.8, 4) is 0 Å². The second kappa shape index (κ2) is 5.06. The standard InChI is InChI=1S/C16H10ClN3S/c17-10-5-6-12-11(9-10)15(7-8-18-12)21-16-19-13-3-1-2-4-14(13)20-16/h1-9H,(H,19,20). The first-order valence-electron chi connectivity index (χ1n) is 6.46. The van der Waals surface area contributed by atoms with Crippen LogP contribution in [0.1, 0.15) is 0 Å². The van der Waals surface area contributed by atoms with Crippen LogP contribution in [0.15, 0.2) is 64.8 Å². The van der Waals surface area contributed by atoms with E-state index in [1.54, 1.807) is 18.0 Å². The van der Waals surface area contributed by atoms with Crippen LogP contribution in [0.4, 0.5) is 0 Å². The van der Waals surface area contributed by atoms with Crippen molar-refractivity contribution >= 4 is 45.3 Å². The summed E-state index contributed by atoms with van der Waals surface area (Å²) in [5.41, 5.74) is 2.94. The predicted octanol–water partition coefficient (Wildman–Crippen LogP) is 4.92. The van der Waals surface area contributed by atoms with Gasteiger partial charge in [0.1, 0.15) is 0 Å². The van der Waals surface area contributed by atoms with Crippen LogP contribution in [-0.2, 0) is 0 Å². The third kappa shape index (κ3) is 2.37. The normalized spacial score (nSPS) is 11.3. The Labute approximate surface area is 130 Å². The quantitative estimate of drug-likeness (QED) is 0.571. The van der Waals surface area contributed by atoms with Gasteiger partial charge in [-0.1, -0.05) is 35.5 Å². The number of nitrogens with one attached hydrogen (secondary N) is 1.